The molecule has 2 rings (SSSR count). The molecule has 1 aliphatic rings. The molecule has 0 bridgehead atoms. The first-order valence-corrected chi connectivity index (χ1v) is 5.67. The number of fused-ring (bicyclic) bond motifs is 1. The van der Waals surface area contributed by atoms with Crippen LogP contribution in [0.4, 0.5) is 11.5 Å². The van der Waals surface area contributed by atoms with Gasteiger partial charge in [-0.25, -0.2) is 4.98 Å². The molecule has 0 aromatic carbocycles. The molecule has 4 heteroatoms. The predicted molar refractivity (Wildman–Crippen MR) is 63.1 cm³/mol. The van der Waals surface area contributed by atoms with Crippen LogP contribution in [0.1, 0.15) is 12.5 Å². The van der Waals surface area contributed by atoms with Crippen molar-refractivity contribution in [2.45, 2.75) is 13.8 Å². The van der Waals surface area contributed by atoms with Gasteiger partial charge < -0.3 is 10.2 Å². The summed E-state index contributed by atoms with van der Waals surface area (Å²) in [5.41, 5.74) is 2.51. The lowest BCUT2D eigenvalue weighted by molar-refractivity contribution is 0.801. The van der Waals surface area contributed by atoms with Crippen LogP contribution >= 0.6 is 15.9 Å². The van der Waals surface area contributed by atoms with E-state index in [9.17, 15) is 0 Å². The van der Waals surface area contributed by atoms with E-state index in [0.717, 1.165) is 29.9 Å². The lowest BCUT2D eigenvalue weighted by Gasteiger charge is -2.31. The maximum Gasteiger partial charge on any atom is 0.150 e. The number of nitrogens with zero attached hydrogens (tertiary/aromatic N) is 2. The van der Waals surface area contributed by atoms with Crippen molar-refractivity contribution in [3.8, 4) is 0 Å². The third kappa shape index (κ3) is 1.47. The molecule has 0 atom stereocenters. The smallest absolute Gasteiger partial charge is 0.150 e. The number of anilines is 2. The molecule has 1 aliphatic heterocycles. The normalized spacial score (nSPS) is 14.9. The van der Waals surface area contributed by atoms with Crippen molar-refractivity contribution in [2.75, 3.05) is 29.9 Å². The van der Waals surface area contributed by atoms with Crippen molar-refractivity contribution >= 4 is 27.4 Å². The fourth-order valence-corrected chi connectivity index (χ4v) is 2.11. The average molecular weight is 256 g/mol. The highest BCUT2D eigenvalue weighted by Crippen LogP contribution is 2.34. The van der Waals surface area contributed by atoms with Crippen molar-refractivity contribution < 1.29 is 0 Å². The topological polar surface area (TPSA) is 28.2 Å². The SMILES string of the molecule is CCN1CCNc2ncc(Br)c(C)c21. The summed E-state index contributed by atoms with van der Waals surface area (Å²) in [6.07, 6.45) is 1.86. The minimum absolute atomic E-state index is 0.981. The fourth-order valence-electron chi connectivity index (χ4n) is 1.82. The Morgan fingerprint density at radius 2 is 2.43 bits per heavy atom. The highest BCUT2D eigenvalue weighted by molar-refractivity contribution is 9.10. The molecule has 2 heterocycles. The largest absolute Gasteiger partial charge is 0.367 e. The van der Waals surface area contributed by atoms with Gasteiger partial charge >= 0.3 is 0 Å². The summed E-state index contributed by atoms with van der Waals surface area (Å²) < 4.78 is 1.08. The molecule has 3 nitrogen and oxygen atoms in total. The Morgan fingerprint density at radius 1 is 1.64 bits per heavy atom. The summed E-state index contributed by atoms with van der Waals surface area (Å²) in [6, 6.07) is 0. The highest BCUT2D eigenvalue weighted by atomic mass is 79.9. The first-order chi connectivity index (χ1) is 6.74. The molecule has 0 unspecified atom stereocenters. The average Bonchev–Trinajstić information content (AvgIpc) is 2.23. The van der Waals surface area contributed by atoms with E-state index >= 15 is 0 Å². The molecule has 0 radical (unpaired) electrons. The number of hydrogen-bond donors (Lipinski definition) is 1. The van der Waals surface area contributed by atoms with Gasteiger partial charge in [-0.1, -0.05) is 0 Å². The third-order valence-corrected chi connectivity index (χ3v) is 3.42. The van der Waals surface area contributed by atoms with Crippen LogP contribution in [0.25, 0.3) is 0 Å². The Hall–Kier alpha value is -0.770. The van der Waals surface area contributed by atoms with Gasteiger partial charge in [-0.3, -0.25) is 0 Å². The summed E-state index contributed by atoms with van der Waals surface area (Å²) in [4.78, 5) is 6.74. The van der Waals surface area contributed by atoms with Gasteiger partial charge in [0.25, 0.3) is 0 Å². The Bertz CT molecular complexity index is 351. The third-order valence-electron chi connectivity index (χ3n) is 2.62. The van der Waals surface area contributed by atoms with E-state index in [0.29, 0.717) is 0 Å². The summed E-state index contributed by atoms with van der Waals surface area (Å²) >= 11 is 3.51. The van der Waals surface area contributed by atoms with Crippen LogP contribution in [-0.2, 0) is 0 Å². The zero-order valence-corrected chi connectivity index (χ0v) is 10.1. The van der Waals surface area contributed by atoms with E-state index in [-0.39, 0.29) is 0 Å². The van der Waals surface area contributed by atoms with E-state index in [4.69, 9.17) is 0 Å². The predicted octanol–water partition coefficient (Wildman–Crippen LogP) is 2.40. The number of halogens is 1. The maximum absolute atomic E-state index is 4.38. The molecular weight excluding hydrogens is 242 g/mol. The molecule has 0 fully saturated rings. The van der Waals surface area contributed by atoms with Gasteiger partial charge in [0.2, 0.25) is 0 Å². The minimum Gasteiger partial charge on any atom is -0.367 e. The van der Waals surface area contributed by atoms with Crippen LogP contribution in [0.5, 0.6) is 0 Å². The van der Waals surface area contributed by atoms with Gasteiger partial charge in [-0.05, 0) is 35.3 Å². The highest BCUT2D eigenvalue weighted by Gasteiger charge is 2.19. The second-order valence-corrected chi connectivity index (χ2v) is 4.29. The molecular formula is C10H14BrN3. The summed E-state index contributed by atoms with van der Waals surface area (Å²) in [7, 11) is 0. The number of rotatable bonds is 1. The van der Waals surface area contributed by atoms with Crippen molar-refractivity contribution in [1.29, 1.82) is 0 Å². The lowest BCUT2D eigenvalue weighted by atomic mass is 10.2. The molecule has 1 N–H and O–H groups in total. The second-order valence-electron chi connectivity index (χ2n) is 3.43. The molecule has 14 heavy (non-hydrogen) atoms. The Morgan fingerprint density at radius 3 is 3.14 bits per heavy atom. The van der Waals surface area contributed by atoms with Crippen molar-refractivity contribution in [2.24, 2.45) is 0 Å². The van der Waals surface area contributed by atoms with E-state index in [2.05, 4.69) is 45.0 Å². The lowest BCUT2D eigenvalue weighted by Crippen LogP contribution is -2.34. The van der Waals surface area contributed by atoms with Crippen molar-refractivity contribution in [3.63, 3.8) is 0 Å². The van der Waals surface area contributed by atoms with E-state index in [1.807, 2.05) is 6.20 Å². The first kappa shape index (κ1) is 9.77. The van der Waals surface area contributed by atoms with Crippen LogP contribution in [0.3, 0.4) is 0 Å². The quantitative estimate of drug-likeness (QED) is 0.836. The molecule has 76 valence electrons. The van der Waals surface area contributed by atoms with Crippen LogP contribution in [0, 0.1) is 6.92 Å². The number of hydrogen-bond acceptors (Lipinski definition) is 3. The molecule has 0 spiro atoms. The van der Waals surface area contributed by atoms with E-state index in [1.54, 1.807) is 0 Å². The van der Waals surface area contributed by atoms with Gasteiger partial charge in [-0.15, -0.1) is 0 Å². The summed E-state index contributed by atoms with van der Waals surface area (Å²) in [5.74, 6) is 1.01. The number of likely N-dealkylation sites (N-methyl/N-ethyl adjacent to an activating group) is 1. The molecule has 0 saturated heterocycles. The number of nitrogens with one attached hydrogen (secondary N) is 1. The summed E-state index contributed by atoms with van der Waals surface area (Å²) in [6.45, 7) is 7.38. The van der Waals surface area contributed by atoms with Gasteiger partial charge in [0.15, 0.2) is 0 Å². The monoisotopic (exact) mass is 255 g/mol. The van der Waals surface area contributed by atoms with E-state index in [1.165, 1.54) is 11.3 Å². The standard InChI is InChI=1S/C10H14BrN3/c1-3-14-5-4-12-10-9(14)7(2)8(11)6-13-10/h6H,3-5H2,1-2H3,(H,12,13). The first-order valence-electron chi connectivity index (χ1n) is 4.88. The zero-order valence-electron chi connectivity index (χ0n) is 8.47. The van der Waals surface area contributed by atoms with Crippen LogP contribution in [0.15, 0.2) is 10.7 Å². The van der Waals surface area contributed by atoms with Crippen molar-refractivity contribution in [3.05, 3.63) is 16.2 Å². The number of pyridine rings is 1. The summed E-state index contributed by atoms with van der Waals surface area (Å²) in [5, 5.41) is 3.32. The van der Waals surface area contributed by atoms with Crippen LogP contribution < -0.4 is 10.2 Å². The molecule has 1 aromatic heterocycles. The molecule has 0 saturated carbocycles. The molecule has 1 aromatic rings. The second kappa shape index (κ2) is 3.77. The van der Waals surface area contributed by atoms with Gasteiger partial charge in [0.1, 0.15) is 5.82 Å². The van der Waals surface area contributed by atoms with Crippen molar-refractivity contribution in [1.82, 2.24) is 4.98 Å². The Labute approximate surface area is 92.6 Å². The van der Waals surface area contributed by atoms with Gasteiger partial charge in [0, 0.05) is 30.3 Å². The fraction of sp³-hybridized carbons (Fsp3) is 0.500. The van der Waals surface area contributed by atoms with Crippen LogP contribution in [-0.4, -0.2) is 24.6 Å². The van der Waals surface area contributed by atoms with E-state index < -0.39 is 0 Å². The van der Waals surface area contributed by atoms with Gasteiger partial charge in [0.05, 0.1) is 5.69 Å². The minimum atomic E-state index is 0.981. The zero-order chi connectivity index (χ0) is 10.1. The Kier molecular flexibility index (Phi) is 2.63. The Balaban J connectivity index is 2.53. The molecule has 0 amide bonds. The maximum atomic E-state index is 4.38. The number of aromatic nitrogens is 1. The molecule has 0 aliphatic carbocycles. The van der Waals surface area contributed by atoms with Crippen LogP contribution in [0.2, 0.25) is 0 Å². The van der Waals surface area contributed by atoms with Gasteiger partial charge in [-0.2, -0.15) is 0 Å².